The lowest BCUT2D eigenvalue weighted by Gasteiger charge is -2.16. The van der Waals surface area contributed by atoms with Gasteiger partial charge in [-0.05, 0) is 23.3 Å². The van der Waals surface area contributed by atoms with Crippen molar-refractivity contribution < 1.29 is 14.8 Å². The van der Waals surface area contributed by atoms with Crippen LogP contribution < -0.4 is 5.32 Å². The highest BCUT2D eigenvalue weighted by Crippen LogP contribution is 2.31. The van der Waals surface area contributed by atoms with Gasteiger partial charge in [0.1, 0.15) is 0 Å². The summed E-state index contributed by atoms with van der Waals surface area (Å²) in [6.45, 7) is 0. The molecule has 0 spiro atoms. The molecule has 0 saturated heterocycles. The average Bonchev–Trinajstić information content (AvgIpc) is 2.89. The summed E-state index contributed by atoms with van der Waals surface area (Å²) in [6, 6.07) is 13.3. The first-order valence-electron chi connectivity index (χ1n) is 7.54. The molecule has 0 bridgehead atoms. The number of fused-ring (bicyclic) bond motifs is 1. The number of hydrogen-bond acceptors (Lipinski definition) is 4. The number of aliphatic hydroxyl groups is 1. The third-order valence-corrected chi connectivity index (χ3v) is 4.05. The van der Waals surface area contributed by atoms with E-state index in [1.165, 1.54) is 18.2 Å². The minimum atomic E-state index is -0.675. The first-order valence-corrected chi connectivity index (χ1v) is 7.54. The zero-order valence-electron chi connectivity index (χ0n) is 12.8. The monoisotopic (exact) mass is 324 g/mol. The Bertz CT molecular complexity index is 816. The van der Waals surface area contributed by atoms with Crippen LogP contribution in [0.4, 0.5) is 5.69 Å². The molecular formula is C18H16N2O4. The lowest BCUT2D eigenvalue weighted by Crippen LogP contribution is -2.32. The molecule has 122 valence electrons. The van der Waals surface area contributed by atoms with Crippen molar-refractivity contribution in [1.82, 2.24) is 5.32 Å². The third-order valence-electron chi connectivity index (χ3n) is 4.05. The number of carbonyl (C=O) groups is 1. The summed E-state index contributed by atoms with van der Waals surface area (Å²) < 4.78 is 0. The van der Waals surface area contributed by atoms with Crippen LogP contribution in [0.1, 0.15) is 22.7 Å². The van der Waals surface area contributed by atoms with Gasteiger partial charge in [-0.2, -0.15) is 0 Å². The van der Waals surface area contributed by atoms with Crippen LogP contribution in [0.25, 0.3) is 6.08 Å². The van der Waals surface area contributed by atoms with E-state index in [0.717, 1.165) is 11.1 Å². The van der Waals surface area contributed by atoms with Gasteiger partial charge in [-0.3, -0.25) is 14.9 Å². The number of amides is 1. The maximum Gasteiger partial charge on any atom is 0.276 e. The molecule has 2 atom stereocenters. The standard InChI is InChI=1S/C18H16N2O4/c21-16-11-13-6-1-3-7-14(13)18(16)19-17(22)10-9-12-5-2-4-8-15(12)20(23)24/h1-10,16,18,21H,11H2,(H,19,22)/b10-9+. The SMILES string of the molecule is O=C(/C=C/c1ccccc1[N+](=O)[O-])NC1c2ccccc2CC1O. The molecule has 24 heavy (non-hydrogen) atoms. The van der Waals surface area contributed by atoms with Crippen molar-refractivity contribution in [2.75, 3.05) is 0 Å². The van der Waals surface area contributed by atoms with Gasteiger partial charge < -0.3 is 10.4 Å². The molecular weight excluding hydrogens is 308 g/mol. The first-order chi connectivity index (χ1) is 11.6. The number of para-hydroxylation sites is 1. The number of hydrogen-bond donors (Lipinski definition) is 2. The summed E-state index contributed by atoms with van der Waals surface area (Å²) in [7, 11) is 0. The molecule has 2 aromatic carbocycles. The van der Waals surface area contributed by atoms with Crippen molar-refractivity contribution in [3.8, 4) is 0 Å². The van der Waals surface area contributed by atoms with Crippen molar-refractivity contribution in [1.29, 1.82) is 0 Å². The molecule has 0 radical (unpaired) electrons. The zero-order valence-corrected chi connectivity index (χ0v) is 12.8. The predicted molar refractivity (Wildman–Crippen MR) is 89.2 cm³/mol. The largest absolute Gasteiger partial charge is 0.390 e. The third kappa shape index (κ3) is 3.18. The van der Waals surface area contributed by atoms with E-state index >= 15 is 0 Å². The number of nitro groups is 1. The van der Waals surface area contributed by atoms with Crippen LogP contribution in [-0.2, 0) is 11.2 Å². The quantitative estimate of drug-likeness (QED) is 0.513. The minimum Gasteiger partial charge on any atom is -0.390 e. The number of nitrogens with zero attached hydrogens (tertiary/aromatic N) is 1. The summed E-state index contributed by atoms with van der Waals surface area (Å²) in [5, 5.41) is 23.9. The summed E-state index contributed by atoms with van der Waals surface area (Å²) in [4.78, 5) is 22.6. The highest BCUT2D eigenvalue weighted by molar-refractivity contribution is 5.92. The van der Waals surface area contributed by atoms with Crippen molar-refractivity contribution in [2.24, 2.45) is 0 Å². The fraction of sp³-hybridized carbons (Fsp3) is 0.167. The Kier molecular flexibility index (Phi) is 4.39. The predicted octanol–water partition coefficient (Wildman–Crippen LogP) is 2.38. The lowest BCUT2D eigenvalue weighted by molar-refractivity contribution is -0.385. The van der Waals surface area contributed by atoms with Gasteiger partial charge in [0.05, 0.1) is 22.6 Å². The maximum atomic E-state index is 12.1. The van der Waals surface area contributed by atoms with E-state index in [-0.39, 0.29) is 5.69 Å². The van der Waals surface area contributed by atoms with Gasteiger partial charge in [0, 0.05) is 18.6 Å². The first kappa shape index (κ1) is 15.9. The van der Waals surface area contributed by atoms with Crippen LogP contribution in [0, 0.1) is 10.1 Å². The van der Waals surface area contributed by atoms with Crippen LogP contribution in [0.15, 0.2) is 54.6 Å². The van der Waals surface area contributed by atoms with E-state index in [2.05, 4.69) is 5.32 Å². The smallest absolute Gasteiger partial charge is 0.276 e. The second-order valence-electron chi connectivity index (χ2n) is 5.61. The fourth-order valence-corrected chi connectivity index (χ4v) is 2.91. The Morgan fingerprint density at radius 1 is 1.21 bits per heavy atom. The molecule has 2 aromatic rings. The average molecular weight is 324 g/mol. The molecule has 1 aliphatic rings. The van der Waals surface area contributed by atoms with Crippen molar-refractivity contribution in [2.45, 2.75) is 18.6 Å². The van der Waals surface area contributed by atoms with E-state index in [9.17, 15) is 20.0 Å². The van der Waals surface area contributed by atoms with Gasteiger partial charge in [0.2, 0.25) is 5.91 Å². The van der Waals surface area contributed by atoms with Crippen LogP contribution >= 0.6 is 0 Å². The Hall–Kier alpha value is -2.99. The molecule has 1 aliphatic carbocycles. The molecule has 2 N–H and O–H groups in total. The molecule has 6 nitrogen and oxygen atoms in total. The molecule has 3 rings (SSSR count). The van der Waals surface area contributed by atoms with E-state index in [1.807, 2.05) is 24.3 Å². The van der Waals surface area contributed by atoms with E-state index < -0.39 is 23.0 Å². The van der Waals surface area contributed by atoms with Gasteiger partial charge in [0.25, 0.3) is 5.69 Å². The highest BCUT2D eigenvalue weighted by atomic mass is 16.6. The highest BCUT2D eigenvalue weighted by Gasteiger charge is 2.31. The molecule has 0 aromatic heterocycles. The van der Waals surface area contributed by atoms with Crippen molar-refractivity contribution in [3.05, 3.63) is 81.4 Å². The second kappa shape index (κ2) is 6.64. The zero-order chi connectivity index (χ0) is 17.1. The van der Waals surface area contributed by atoms with E-state index in [4.69, 9.17) is 0 Å². The van der Waals surface area contributed by atoms with Gasteiger partial charge in [-0.1, -0.05) is 36.4 Å². The molecule has 6 heteroatoms. The minimum absolute atomic E-state index is 0.0622. The van der Waals surface area contributed by atoms with Crippen LogP contribution in [0.3, 0.4) is 0 Å². The van der Waals surface area contributed by atoms with E-state index in [0.29, 0.717) is 12.0 Å². The maximum absolute atomic E-state index is 12.1. The summed E-state index contributed by atoms with van der Waals surface area (Å²) in [5.41, 5.74) is 2.20. The van der Waals surface area contributed by atoms with Crippen LogP contribution in [0.2, 0.25) is 0 Å². The fourth-order valence-electron chi connectivity index (χ4n) is 2.91. The Labute approximate surface area is 138 Å². The molecule has 0 aliphatic heterocycles. The van der Waals surface area contributed by atoms with Crippen LogP contribution in [-0.4, -0.2) is 22.0 Å². The number of benzene rings is 2. The number of nitrogens with one attached hydrogen (secondary N) is 1. The normalized spacial score (nSPS) is 19.2. The number of nitro benzene ring substituents is 1. The Balaban J connectivity index is 1.74. The number of rotatable bonds is 4. The van der Waals surface area contributed by atoms with Crippen molar-refractivity contribution >= 4 is 17.7 Å². The molecule has 0 fully saturated rings. The number of aliphatic hydroxyl groups excluding tert-OH is 1. The second-order valence-corrected chi connectivity index (χ2v) is 5.61. The summed E-state index contributed by atoms with van der Waals surface area (Å²) >= 11 is 0. The van der Waals surface area contributed by atoms with Gasteiger partial charge in [-0.15, -0.1) is 0 Å². The molecule has 0 heterocycles. The van der Waals surface area contributed by atoms with Crippen molar-refractivity contribution in [3.63, 3.8) is 0 Å². The molecule has 2 unspecified atom stereocenters. The van der Waals surface area contributed by atoms with Gasteiger partial charge in [0.15, 0.2) is 0 Å². The lowest BCUT2D eigenvalue weighted by atomic mass is 10.1. The Morgan fingerprint density at radius 2 is 1.92 bits per heavy atom. The Morgan fingerprint density at radius 3 is 2.71 bits per heavy atom. The molecule has 1 amide bonds. The van der Waals surface area contributed by atoms with Crippen LogP contribution in [0.5, 0.6) is 0 Å². The van der Waals surface area contributed by atoms with E-state index in [1.54, 1.807) is 18.2 Å². The summed E-state index contributed by atoms with van der Waals surface area (Å²) in [6.07, 6.45) is 2.47. The topological polar surface area (TPSA) is 92.5 Å². The summed E-state index contributed by atoms with van der Waals surface area (Å²) in [5.74, 6) is -0.408. The van der Waals surface area contributed by atoms with Gasteiger partial charge >= 0.3 is 0 Å². The number of carbonyl (C=O) groups excluding carboxylic acids is 1. The van der Waals surface area contributed by atoms with Gasteiger partial charge in [-0.25, -0.2) is 0 Å². The molecule has 0 saturated carbocycles.